The van der Waals surface area contributed by atoms with E-state index in [9.17, 15) is 4.39 Å². The van der Waals surface area contributed by atoms with E-state index in [1.807, 2.05) is 19.1 Å². The summed E-state index contributed by atoms with van der Waals surface area (Å²) in [7, 11) is 0. The van der Waals surface area contributed by atoms with Gasteiger partial charge >= 0.3 is 0 Å². The highest BCUT2D eigenvalue weighted by Gasteiger charge is 1.99. The molecule has 0 atom stereocenters. The molecule has 2 heterocycles. The Balaban J connectivity index is 0.000000437. The fourth-order valence-electron chi connectivity index (χ4n) is 1.17. The number of nitrogens with zero attached hydrogens (tertiary/aromatic N) is 2. The summed E-state index contributed by atoms with van der Waals surface area (Å²) in [5.74, 6) is -0.471. The molecule has 2 aromatic rings. The highest BCUT2D eigenvalue weighted by atomic mass is 19.1. The number of hydrogen-bond acceptors (Lipinski definition) is 2. The van der Waals surface area contributed by atoms with E-state index in [4.69, 9.17) is 0 Å². The van der Waals surface area contributed by atoms with Crippen LogP contribution in [0.2, 0.25) is 0 Å². The molecule has 2 aromatic heterocycles. The first kappa shape index (κ1) is 13.3. The molecule has 0 amide bonds. The third kappa shape index (κ3) is 4.31. The Morgan fingerprint density at radius 1 is 1.00 bits per heavy atom. The van der Waals surface area contributed by atoms with Gasteiger partial charge in [0.25, 0.3) is 0 Å². The lowest BCUT2D eigenvalue weighted by Gasteiger charge is -1.99. The standard InChI is InChI=1S/C11H9FN2.C3H8/c1-8-2-4-10(13-6-8)9-3-5-11(12)14-7-9;1-3-2/h2-7H,1H3;3H2,1-2H3. The largest absolute Gasteiger partial charge is 0.256 e. The van der Waals surface area contributed by atoms with Crippen LogP contribution in [0.25, 0.3) is 11.3 Å². The van der Waals surface area contributed by atoms with Gasteiger partial charge < -0.3 is 0 Å². The Kier molecular flexibility index (Phi) is 5.27. The molecular formula is C14H17FN2. The van der Waals surface area contributed by atoms with Crippen molar-refractivity contribution in [1.29, 1.82) is 0 Å². The van der Waals surface area contributed by atoms with E-state index in [1.165, 1.54) is 18.7 Å². The molecular weight excluding hydrogens is 215 g/mol. The molecule has 0 saturated heterocycles. The Labute approximate surface area is 102 Å². The molecule has 3 heteroatoms. The molecule has 0 fully saturated rings. The van der Waals surface area contributed by atoms with Gasteiger partial charge in [-0.1, -0.05) is 26.3 Å². The lowest BCUT2D eigenvalue weighted by Crippen LogP contribution is -1.86. The maximum atomic E-state index is 12.5. The van der Waals surface area contributed by atoms with Crippen LogP contribution < -0.4 is 0 Å². The number of aryl methyl sites for hydroxylation is 1. The summed E-state index contributed by atoms with van der Waals surface area (Å²) in [4.78, 5) is 7.79. The van der Waals surface area contributed by atoms with E-state index in [0.717, 1.165) is 16.8 Å². The molecule has 0 unspecified atom stereocenters. The van der Waals surface area contributed by atoms with E-state index in [2.05, 4.69) is 23.8 Å². The molecule has 0 aliphatic heterocycles. The van der Waals surface area contributed by atoms with Gasteiger partial charge in [-0.25, -0.2) is 4.98 Å². The number of halogens is 1. The number of pyridine rings is 2. The molecule has 0 aromatic carbocycles. The zero-order chi connectivity index (χ0) is 12.7. The Morgan fingerprint density at radius 3 is 2.18 bits per heavy atom. The molecule has 90 valence electrons. The molecule has 0 aliphatic carbocycles. The van der Waals surface area contributed by atoms with Crippen molar-refractivity contribution in [3.05, 3.63) is 48.2 Å². The fraction of sp³-hybridized carbons (Fsp3) is 0.286. The van der Waals surface area contributed by atoms with Gasteiger partial charge in [-0.2, -0.15) is 4.39 Å². The molecule has 2 nitrogen and oxygen atoms in total. The zero-order valence-corrected chi connectivity index (χ0v) is 10.4. The van der Waals surface area contributed by atoms with Crippen molar-refractivity contribution in [2.45, 2.75) is 27.2 Å². The average molecular weight is 232 g/mol. The second-order valence-electron chi connectivity index (χ2n) is 3.80. The minimum atomic E-state index is -0.471. The first-order valence-electron chi connectivity index (χ1n) is 5.72. The number of aromatic nitrogens is 2. The Morgan fingerprint density at radius 2 is 1.71 bits per heavy atom. The fourth-order valence-corrected chi connectivity index (χ4v) is 1.17. The van der Waals surface area contributed by atoms with Crippen LogP contribution in [0.15, 0.2) is 36.7 Å². The predicted octanol–water partition coefficient (Wildman–Crippen LogP) is 4.01. The first-order valence-corrected chi connectivity index (χ1v) is 5.72. The second kappa shape index (κ2) is 6.74. The van der Waals surface area contributed by atoms with E-state index in [0.29, 0.717) is 0 Å². The quantitative estimate of drug-likeness (QED) is 0.694. The van der Waals surface area contributed by atoms with Crippen molar-refractivity contribution in [2.24, 2.45) is 0 Å². The van der Waals surface area contributed by atoms with E-state index < -0.39 is 5.95 Å². The zero-order valence-electron chi connectivity index (χ0n) is 10.4. The number of hydrogen-bond donors (Lipinski definition) is 0. The molecule has 0 saturated carbocycles. The summed E-state index contributed by atoms with van der Waals surface area (Å²) < 4.78 is 12.5. The van der Waals surface area contributed by atoms with Crippen molar-refractivity contribution in [3.8, 4) is 11.3 Å². The molecule has 0 aliphatic rings. The van der Waals surface area contributed by atoms with Gasteiger partial charge in [0, 0.05) is 18.0 Å². The van der Waals surface area contributed by atoms with Crippen molar-refractivity contribution in [3.63, 3.8) is 0 Å². The summed E-state index contributed by atoms with van der Waals surface area (Å²) in [5, 5.41) is 0. The van der Waals surface area contributed by atoms with E-state index in [1.54, 1.807) is 12.3 Å². The van der Waals surface area contributed by atoms with Gasteiger partial charge in [-0.3, -0.25) is 4.98 Å². The predicted molar refractivity (Wildman–Crippen MR) is 68.1 cm³/mol. The lowest BCUT2D eigenvalue weighted by molar-refractivity contribution is 0.584. The van der Waals surface area contributed by atoms with Crippen molar-refractivity contribution in [1.82, 2.24) is 9.97 Å². The highest BCUT2D eigenvalue weighted by Crippen LogP contribution is 2.15. The topological polar surface area (TPSA) is 25.8 Å². The summed E-state index contributed by atoms with van der Waals surface area (Å²) in [6.45, 7) is 6.22. The Hall–Kier alpha value is -1.77. The van der Waals surface area contributed by atoms with Gasteiger partial charge in [-0.05, 0) is 30.7 Å². The van der Waals surface area contributed by atoms with Crippen LogP contribution in [0.3, 0.4) is 0 Å². The monoisotopic (exact) mass is 232 g/mol. The second-order valence-corrected chi connectivity index (χ2v) is 3.80. The molecule has 0 radical (unpaired) electrons. The smallest absolute Gasteiger partial charge is 0.212 e. The van der Waals surface area contributed by atoms with Crippen LogP contribution in [0.1, 0.15) is 25.8 Å². The van der Waals surface area contributed by atoms with Crippen LogP contribution in [0.4, 0.5) is 4.39 Å². The van der Waals surface area contributed by atoms with Gasteiger partial charge in [0.05, 0.1) is 5.69 Å². The lowest BCUT2D eigenvalue weighted by atomic mass is 10.2. The van der Waals surface area contributed by atoms with Gasteiger partial charge in [0.1, 0.15) is 0 Å². The highest BCUT2D eigenvalue weighted by molar-refractivity contribution is 5.57. The third-order valence-electron chi connectivity index (χ3n) is 1.93. The normalized spacial score (nSPS) is 9.41. The summed E-state index contributed by atoms with van der Waals surface area (Å²) in [5.41, 5.74) is 2.73. The Bertz CT molecular complexity index is 391. The molecule has 0 spiro atoms. The van der Waals surface area contributed by atoms with E-state index in [-0.39, 0.29) is 0 Å². The van der Waals surface area contributed by atoms with Crippen molar-refractivity contribution < 1.29 is 4.39 Å². The number of rotatable bonds is 1. The van der Waals surface area contributed by atoms with Crippen LogP contribution in [-0.2, 0) is 0 Å². The van der Waals surface area contributed by atoms with Crippen LogP contribution in [0, 0.1) is 12.9 Å². The van der Waals surface area contributed by atoms with Crippen LogP contribution >= 0.6 is 0 Å². The van der Waals surface area contributed by atoms with E-state index >= 15 is 0 Å². The maximum absolute atomic E-state index is 12.5. The summed E-state index contributed by atoms with van der Waals surface area (Å²) >= 11 is 0. The van der Waals surface area contributed by atoms with Crippen molar-refractivity contribution >= 4 is 0 Å². The molecule has 2 rings (SSSR count). The third-order valence-corrected chi connectivity index (χ3v) is 1.93. The SMILES string of the molecule is CCC.Cc1ccc(-c2ccc(F)nc2)nc1. The van der Waals surface area contributed by atoms with Gasteiger partial charge in [0.2, 0.25) is 5.95 Å². The molecule has 0 bridgehead atoms. The first-order chi connectivity index (χ1) is 8.17. The average Bonchev–Trinajstić information content (AvgIpc) is 2.32. The van der Waals surface area contributed by atoms with Gasteiger partial charge in [-0.15, -0.1) is 0 Å². The van der Waals surface area contributed by atoms with Crippen LogP contribution in [0.5, 0.6) is 0 Å². The minimum absolute atomic E-state index is 0.471. The molecule has 0 N–H and O–H groups in total. The molecule has 17 heavy (non-hydrogen) atoms. The summed E-state index contributed by atoms with van der Waals surface area (Å²) in [6.07, 6.45) is 4.51. The minimum Gasteiger partial charge on any atom is -0.256 e. The maximum Gasteiger partial charge on any atom is 0.212 e. The van der Waals surface area contributed by atoms with Crippen molar-refractivity contribution in [2.75, 3.05) is 0 Å². The van der Waals surface area contributed by atoms with Gasteiger partial charge in [0.15, 0.2) is 0 Å². The van der Waals surface area contributed by atoms with Crippen LogP contribution in [-0.4, -0.2) is 9.97 Å². The summed E-state index contributed by atoms with van der Waals surface area (Å²) in [6, 6.07) is 6.85.